The summed E-state index contributed by atoms with van der Waals surface area (Å²) >= 11 is 19.4. The maximum atomic E-state index is 13.5. The van der Waals surface area contributed by atoms with Crippen LogP contribution in [0, 0.1) is 22.0 Å². The third kappa shape index (κ3) is 4.73. The van der Waals surface area contributed by atoms with Crippen molar-refractivity contribution in [2.24, 2.45) is 11.8 Å². The molecule has 4 rings (SSSR count). The number of rotatable bonds is 5. The van der Waals surface area contributed by atoms with Crippen molar-refractivity contribution < 1.29 is 19.3 Å². The first-order valence-corrected chi connectivity index (χ1v) is 12.8. The summed E-state index contributed by atoms with van der Waals surface area (Å²) in [5, 5.41) is 13.6. The molecule has 0 bridgehead atoms. The Hall–Kier alpha value is -2.01. The highest BCUT2D eigenvalue weighted by Gasteiger charge is 2.54. The van der Waals surface area contributed by atoms with Gasteiger partial charge in [0.2, 0.25) is 0 Å². The Kier molecular flexibility index (Phi) is 7.33. The molecule has 3 amide bonds. The van der Waals surface area contributed by atoms with Crippen LogP contribution in [-0.2, 0) is 16.1 Å². The van der Waals surface area contributed by atoms with E-state index in [1.807, 2.05) is 0 Å². The van der Waals surface area contributed by atoms with E-state index >= 15 is 0 Å². The lowest BCUT2D eigenvalue weighted by Gasteiger charge is -2.31. The molecule has 2 aromatic rings. The molecular weight excluding hydrogens is 617 g/mol. The van der Waals surface area contributed by atoms with Crippen molar-refractivity contribution >= 4 is 78.5 Å². The highest BCUT2D eigenvalue weighted by Crippen LogP contribution is 2.44. The number of amides is 3. The second-order valence-electron chi connectivity index (χ2n) is 8.11. The third-order valence-corrected chi connectivity index (χ3v) is 9.34. The van der Waals surface area contributed by atoms with Gasteiger partial charge in [0.25, 0.3) is 23.4 Å². The minimum Gasteiger partial charge on any atom is -0.272 e. The molecular formula is C22H17Br2Cl2N3O5. The van der Waals surface area contributed by atoms with Gasteiger partial charge in [0.1, 0.15) is 0 Å². The lowest BCUT2D eigenvalue weighted by atomic mass is 9.81. The Morgan fingerprint density at radius 1 is 1.03 bits per heavy atom. The van der Waals surface area contributed by atoms with Crippen LogP contribution in [0.15, 0.2) is 42.5 Å². The monoisotopic (exact) mass is 631 g/mol. The van der Waals surface area contributed by atoms with Gasteiger partial charge in [0.05, 0.1) is 23.3 Å². The fourth-order valence-electron chi connectivity index (χ4n) is 4.23. The van der Waals surface area contributed by atoms with Crippen LogP contribution in [0.2, 0.25) is 10.0 Å². The Balaban J connectivity index is 1.73. The zero-order valence-electron chi connectivity index (χ0n) is 17.4. The topological polar surface area (TPSA) is 101 Å². The third-order valence-electron chi connectivity index (χ3n) is 6.02. The smallest absolute Gasteiger partial charge is 0.272 e. The number of nitro benzene ring substituents is 1. The SMILES string of the molecule is O=C(c1ccc([N+](=O)[O-])cc1)N(Cc1ccc(Cl)cc1Cl)N1C(=O)[C@H]2C[C@@H](Br)[C@@H](Br)C[C@H]2C1=O. The molecule has 1 heterocycles. The number of hydrogen-bond donors (Lipinski definition) is 0. The normalized spacial score (nSPS) is 24.2. The molecule has 1 aliphatic carbocycles. The Morgan fingerprint density at radius 2 is 1.59 bits per heavy atom. The Bertz CT molecular complexity index is 1150. The number of nitrogens with zero attached hydrogens (tertiary/aromatic N) is 3. The highest BCUT2D eigenvalue weighted by molar-refractivity contribution is 9.12. The first-order valence-electron chi connectivity index (χ1n) is 10.2. The zero-order valence-corrected chi connectivity index (χ0v) is 22.1. The number of halogens is 4. The number of non-ortho nitro benzene ring substituents is 1. The largest absolute Gasteiger partial charge is 0.273 e. The predicted octanol–water partition coefficient (Wildman–Crippen LogP) is 5.38. The van der Waals surface area contributed by atoms with Gasteiger partial charge in [0, 0.05) is 37.4 Å². The van der Waals surface area contributed by atoms with Crippen LogP contribution >= 0.6 is 55.1 Å². The quantitative estimate of drug-likeness (QED) is 0.190. The zero-order chi connectivity index (χ0) is 24.7. The van der Waals surface area contributed by atoms with Gasteiger partial charge in [-0.25, -0.2) is 5.01 Å². The van der Waals surface area contributed by atoms with Crippen molar-refractivity contribution in [3.05, 3.63) is 73.8 Å². The molecule has 2 aromatic carbocycles. The molecule has 2 aliphatic rings. The van der Waals surface area contributed by atoms with E-state index in [2.05, 4.69) is 31.9 Å². The molecule has 0 spiro atoms. The predicted molar refractivity (Wildman–Crippen MR) is 133 cm³/mol. The molecule has 2 fully saturated rings. The highest BCUT2D eigenvalue weighted by atomic mass is 79.9. The van der Waals surface area contributed by atoms with Crippen molar-refractivity contribution in [1.29, 1.82) is 0 Å². The summed E-state index contributed by atoms with van der Waals surface area (Å²) in [6, 6.07) is 9.68. The molecule has 0 aromatic heterocycles. The molecule has 1 saturated carbocycles. The van der Waals surface area contributed by atoms with Gasteiger partial charge in [-0.1, -0.05) is 61.1 Å². The van der Waals surface area contributed by atoms with Crippen LogP contribution in [0.5, 0.6) is 0 Å². The Morgan fingerprint density at radius 3 is 2.09 bits per heavy atom. The van der Waals surface area contributed by atoms with Crippen molar-refractivity contribution in [1.82, 2.24) is 10.0 Å². The lowest BCUT2D eigenvalue weighted by molar-refractivity contribution is -0.384. The fourth-order valence-corrected chi connectivity index (χ4v) is 5.94. The summed E-state index contributed by atoms with van der Waals surface area (Å²) in [5.41, 5.74) is 0.381. The minimum atomic E-state index is -0.660. The number of fused-ring (bicyclic) bond motifs is 1. The molecule has 0 N–H and O–H groups in total. The van der Waals surface area contributed by atoms with E-state index in [4.69, 9.17) is 23.2 Å². The molecule has 8 nitrogen and oxygen atoms in total. The number of nitro groups is 1. The number of imide groups is 1. The van der Waals surface area contributed by atoms with E-state index in [9.17, 15) is 24.5 Å². The van der Waals surface area contributed by atoms with E-state index < -0.39 is 34.5 Å². The maximum absolute atomic E-state index is 13.5. The average Bonchev–Trinajstić information content (AvgIpc) is 3.02. The van der Waals surface area contributed by atoms with E-state index in [0.717, 1.165) is 10.0 Å². The van der Waals surface area contributed by atoms with Crippen LogP contribution in [0.25, 0.3) is 0 Å². The van der Waals surface area contributed by atoms with E-state index in [1.165, 1.54) is 30.3 Å². The average molecular weight is 634 g/mol. The van der Waals surface area contributed by atoms with Crippen LogP contribution in [0.1, 0.15) is 28.8 Å². The van der Waals surface area contributed by atoms with Crippen LogP contribution in [0.3, 0.4) is 0 Å². The van der Waals surface area contributed by atoms with Gasteiger partial charge in [-0.05, 0) is 42.7 Å². The maximum Gasteiger partial charge on any atom is 0.273 e. The Labute approximate surface area is 221 Å². The first kappa shape index (κ1) is 25.1. The van der Waals surface area contributed by atoms with Crippen LogP contribution in [-0.4, -0.2) is 42.3 Å². The van der Waals surface area contributed by atoms with Crippen molar-refractivity contribution in [3.8, 4) is 0 Å². The summed E-state index contributed by atoms with van der Waals surface area (Å²) in [4.78, 5) is 50.7. The van der Waals surface area contributed by atoms with Gasteiger partial charge >= 0.3 is 0 Å². The van der Waals surface area contributed by atoms with E-state index in [-0.39, 0.29) is 32.5 Å². The molecule has 1 aliphatic heterocycles. The summed E-state index contributed by atoms with van der Waals surface area (Å²) in [6.45, 7) is -0.168. The van der Waals surface area contributed by atoms with Gasteiger partial charge in [-0.2, -0.15) is 5.01 Å². The van der Waals surface area contributed by atoms with Crippen LogP contribution < -0.4 is 0 Å². The number of carbonyl (C=O) groups excluding carboxylic acids is 3. The lowest BCUT2D eigenvalue weighted by Crippen LogP contribution is -2.49. The minimum absolute atomic E-state index is 0.00924. The number of carbonyl (C=O) groups is 3. The number of hydrazine groups is 1. The van der Waals surface area contributed by atoms with E-state index in [1.54, 1.807) is 12.1 Å². The fraction of sp³-hybridized carbons (Fsp3) is 0.318. The first-order chi connectivity index (χ1) is 16.1. The number of hydrogen-bond acceptors (Lipinski definition) is 5. The van der Waals surface area contributed by atoms with Gasteiger partial charge in [-0.3, -0.25) is 24.5 Å². The van der Waals surface area contributed by atoms with Crippen LogP contribution in [0.4, 0.5) is 5.69 Å². The van der Waals surface area contributed by atoms with E-state index in [0.29, 0.717) is 23.4 Å². The van der Waals surface area contributed by atoms with Crippen molar-refractivity contribution in [2.75, 3.05) is 0 Å². The summed E-state index contributed by atoms with van der Waals surface area (Å²) < 4.78 is 0. The second-order valence-corrected chi connectivity index (χ2v) is 11.3. The van der Waals surface area contributed by atoms with Gasteiger partial charge in [-0.15, -0.1) is 0 Å². The molecule has 4 atom stereocenters. The number of benzene rings is 2. The molecule has 1 saturated heterocycles. The van der Waals surface area contributed by atoms with Gasteiger partial charge < -0.3 is 0 Å². The molecule has 0 unspecified atom stereocenters. The summed E-state index contributed by atoms with van der Waals surface area (Å²) in [7, 11) is 0. The van der Waals surface area contributed by atoms with Gasteiger partial charge in [0.15, 0.2) is 0 Å². The van der Waals surface area contributed by atoms with Crippen molar-refractivity contribution in [3.63, 3.8) is 0 Å². The standard InChI is InChI=1S/C22H17Br2Cl2N3O5/c23-17-8-15-16(9-18(17)24)22(32)28(21(15)31)27(10-12-1-4-13(25)7-19(12)26)20(30)11-2-5-14(6-3-11)29(33)34/h1-7,15-18H,8-10H2/t15-,16+,17+,18-. The van der Waals surface area contributed by atoms with Crippen molar-refractivity contribution in [2.45, 2.75) is 29.0 Å². The molecule has 0 radical (unpaired) electrons. The number of alkyl halides is 2. The molecule has 34 heavy (non-hydrogen) atoms. The molecule has 12 heteroatoms. The molecule has 178 valence electrons. The summed E-state index contributed by atoms with van der Waals surface area (Å²) in [5.74, 6) is -2.69. The second kappa shape index (κ2) is 9.93. The summed E-state index contributed by atoms with van der Waals surface area (Å²) in [6.07, 6.45) is 0.895.